The first-order valence-electron chi connectivity index (χ1n) is 8.14. The molecule has 0 saturated carbocycles. The molecule has 0 radical (unpaired) electrons. The fraction of sp³-hybridized carbons (Fsp3) is 0.688. The predicted molar refractivity (Wildman–Crippen MR) is 90.2 cm³/mol. The number of ether oxygens (including phenoxy) is 1. The number of aromatic nitrogens is 2. The molecule has 1 aromatic heterocycles. The second-order valence-corrected chi connectivity index (χ2v) is 6.92. The molecule has 1 aliphatic rings. The number of amides is 1. The molecule has 0 bridgehead atoms. The number of piperidine rings is 1. The molecule has 23 heavy (non-hydrogen) atoms. The number of hydrogen-bond acceptors (Lipinski definition) is 6. The Morgan fingerprint density at radius 2 is 2.13 bits per heavy atom. The van der Waals surface area contributed by atoms with Gasteiger partial charge in [-0.25, -0.2) is 9.78 Å². The summed E-state index contributed by atoms with van der Waals surface area (Å²) in [6, 6.07) is 1.89. The highest BCUT2D eigenvalue weighted by Crippen LogP contribution is 2.23. The van der Waals surface area contributed by atoms with Gasteiger partial charge in [0.05, 0.1) is 0 Å². The molecule has 1 amide bonds. The highest BCUT2D eigenvalue weighted by molar-refractivity contribution is 5.67. The molecule has 0 atom stereocenters. The van der Waals surface area contributed by atoms with Crippen molar-refractivity contribution < 1.29 is 9.53 Å². The van der Waals surface area contributed by atoms with Crippen LogP contribution in [0.3, 0.4) is 0 Å². The number of nitrogens with two attached hydrogens (primary N) is 1. The van der Waals surface area contributed by atoms with Crippen molar-refractivity contribution in [1.29, 1.82) is 0 Å². The monoisotopic (exact) mass is 321 g/mol. The molecule has 2 heterocycles. The fourth-order valence-corrected chi connectivity index (χ4v) is 2.68. The first kappa shape index (κ1) is 17.3. The van der Waals surface area contributed by atoms with Gasteiger partial charge in [0, 0.05) is 25.8 Å². The smallest absolute Gasteiger partial charge is 0.407 e. The van der Waals surface area contributed by atoms with E-state index in [9.17, 15) is 4.79 Å². The Labute approximate surface area is 137 Å². The minimum Gasteiger partial charge on any atom is -0.444 e. The number of nitrogen functional groups attached to an aromatic ring is 1. The van der Waals surface area contributed by atoms with E-state index in [2.05, 4.69) is 20.2 Å². The molecule has 0 aromatic carbocycles. The van der Waals surface area contributed by atoms with E-state index >= 15 is 0 Å². The van der Waals surface area contributed by atoms with Crippen LogP contribution in [-0.2, 0) is 4.74 Å². The van der Waals surface area contributed by atoms with Crippen molar-refractivity contribution in [2.24, 2.45) is 5.92 Å². The van der Waals surface area contributed by atoms with E-state index in [4.69, 9.17) is 10.5 Å². The number of nitrogens with zero attached hydrogens (tertiary/aromatic N) is 3. The van der Waals surface area contributed by atoms with Crippen molar-refractivity contribution in [3.8, 4) is 0 Å². The van der Waals surface area contributed by atoms with Crippen molar-refractivity contribution in [3.63, 3.8) is 0 Å². The van der Waals surface area contributed by atoms with E-state index in [0.717, 1.165) is 38.2 Å². The SMILES string of the molecule is CC(C)(C)OC(=O)NCCC1CCN(c2ccnc(N)n2)CC1. The summed E-state index contributed by atoms with van der Waals surface area (Å²) in [5, 5.41) is 2.82. The van der Waals surface area contributed by atoms with Crippen LogP contribution in [0.2, 0.25) is 0 Å². The van der Waals surface area contributed by atoms with Gasteiger partial charge in [0.1, 0.15) is 11.4 Å². The molecular formula is C16H27N5O2. The lowest BCUT2D eigenvalue weighted by Crippen LogP contribution is -2.37. The molecule has 1 aromatic rings. The van der Waals surface area contributed by atoms with Crippen molar-refractivity contribution in [1.82, 2.24) is 15.3 Å². The van der Waals surface area contributed by atoms with Crippen LogP contribution in [0.25, 0.3) is 0 Å². The average Bonchev–Trinajstić information content (AvgIpc) is 2.46. The molecular weight excluding hydrogens is 294 g/mol. The van der Waals surface area contributed by atoms with Gasteiger partial charge in [-0.2, -0.15) is 4.98 Å². The van der Waals surface area contributed by atoms with E-state index in [1.54, 1.807) is 6.20 Å². The molecule has 7 nitrogen and oxygen atoms in total. The topological polar surface area (TPSA) is 93.4 Å². The lowest BCUT2D eigenvalue weighted by Gasteiger charge is -2.32. The first-order valence-corrected chi connectivity index (χ1v) is 8.14. The van der Waals surface area contributed by atoms with Crippen LogP contribution in [0.1, 0.15) is 40.0 Å². The third kappa shape index (κ3) is 5.92. The van der Waals surface area contributed by atoms with Gasteiger partial charge in [0.25, 0.3) is 0 Å². The zero-order valence-electron chi connectivity index (χ0n) is 14.2. The number of alkyl carbamates (subject to hydrolysis) is 1. The zero-order chi connectivity index (χ0) is 16.9. The van der Waals surface area contributed by atoms with E-state index in [0.29, 0.717) is 18.4 Å². The van der Waals surface area contributed by atoms with Crippen LogP contribution in [0.15, 0.2) is 12.3 Å². The highest BCUT2D eigenvalue weighted by atomic mass is 16.6. The maximum Gasteiger partial charge on any atom is 0.407 e. The Balaban J connectivity index is 1.68. The molecule has 128 valence electrons. The molecule has 1 saturated heterocycles. The number of hydrogen-bond donors (Lipinski definition) is 2. The first-order chi connectivity index (χ1) is 10.8. The van der Waals surface area contributed by atoms with Crippen molar-refractivity contribution in [3.05, 3.63) is 12.3 Å². The molecule has 0 aliphatic carbocycles. The minimum atomic E-state index is -0.450. The normalized spacial score (nSPS) is 16.2. The quantitative estimate of drug-likeness (QED) is 0.883. The van der Waals surface area contributed by atoms with Crippen LogP contribution in [0.5, 0.6) is 0 Å². The summed E-state index contributed by atoms with van der Waals surface area (Å²) in [5.74, 6) is 1.81. The van der Waals surface area contributed by atoms with Crippen LogP contribution >= 0.6 is 0 Å². The third-order valence-electron chi connectivity index (χ3n) is 3.82. The van der Waals surface area contributed by atoms with Crippen molar-refractivity contribution in [2.45, 2.75) is 45.6 Å². The third-order valence-corrected chi connectivity index (χ3v) is 3.82. The molecule has 3 N–H and O–H groups in total. The second-order valence-electron chi connectivity index (χ2n) is 6.92. The maximum atomic E-state index is 11.6. The Bertz CT molecular complexity index is 521. The highest BCUT2D eigenvalue weighted by Gasteiger charge is 2.21. The van der Waals surface area contributed by atoms with Gasteiger partial charge in [-0.3, -0.25) is 0 Å². The number of carbonyl (C=O) groups is 1. The molecule has 0 unspecified atom stereocenters. The molecule has 2 rings (SSSR count). The molecule has 1 aliphatic heterocycles. The van der Waals surface area contributed by atoms with Gasteiger partial charge in [0.2, 0.25) is 5.95 Å². The average molecular weight is 321 g/mol. The summed E-state index contributed by atoms with van der Waals surface area (Å²) < 4.78 is 5.23. The van der Waals surface area contributed by atoms with Crippen LogP contribution < -0.4 is 16.0 Å². The predicted octanol–water partition coefficient (Wildman–Crippen LogP) is 2.19. The van der Waals surface area contributed by atoms with Crippen LogP contribution in [-0.4, -0.2) is 41.3 Å². The number of carbonyl (C=O) groups excluding carboxylic acids is 1. The van der Waals surface area contributed by atoms with Crippen molar-refractivity contribution >= 4 is 17.9 Å². The standard InChI is InChI=1S/C16H27N5O2/c1-16(2,3)23-15(22)19-8-4-12-6-10-21(11-7-12)13-5-9-18-14(17)20-13/h5,9,12H,4,6-8,10-11H2,1-3H3,(H,19,22)(H2,17,18,20). The van der Waals surface area contributed by atoms with Gasteiger partial charge in [-0.1, -0.05) is 0 Å². The van der Waals surface area contributed by atoms with E-state index < -0.39 is 5.60 Å². The molecule has 7 heteroatoms. The Kier molecular flexibility index (Phi) is 5.63. The summed E-state index contributed by atoms with van der Waals surface area (Å²) in [7, 11) is 0. The summed E-state index contributed by atoms with van der Waals surface area (Å²) >= 11 is 0. The summed E-state index contributed by atoms with van der Waals surface area (Å²) in [4.78, 5) is 22.0. The number of nitrogens with one attached hydrogen (secondary N) is 1. The Hall–Kier alpha value is -2.05. The molecule has 0 spiro atoms. The van der Waals surface area contributed by atoms with Crippen LogP contribution in [0, 0.1) is 5.92 Å². The van der Waals surface area contributed by atoms with E-state index in [-0.39, 0.29) is 6.09 Å². The van der Waals surface area contributed by atoms with Gasteiger partial charge in [-0.05, 0) is 52.0 Å². The van der Waals surface area contributed by atoms with Crippen LogP contribution in [0.4, 0.5) is 16.6 Å². The van der Waals surface area contributed by atoms with Gasteiger partial charge >= 0.3 is 6.09 Å². The van der Waals surface area contributed by atoms with Crippen molar-refractivity contribution in [2.75, 3.05) is 30.3 Å². The maximum absolute atomic E-state index is 11.6. The second kappa shape index (κ2) is 7.48. The largest absolute Gasteiger partial charge is 0.444 e. The summed E-state index contributed by atoms with van der Waals surface area (Å²) in [6.07, 6.45) is 4.49. The van der Waals surface area contributed by atoms with Gasteiger partial charge < -0.3 is 20.7 Å². The van der Waals surface area contributed by atoms with Gasteiger partial charge in [-0.15, -0.1) is 0 Å². The lowest BCUT2D eigenvalue weighted by atomic mass is 9.93. The number of rotatable bonds is 4. The summed E-state index contributed by atoms with van der Waals surface area (Å²) in [5.41, 5.74) is 5.18. The Morgan fingerprint density at radius 1 is 1.43 bits per heavy atom. The fourth-order valence-electron chi connectivity index (χ4n) is 2.68. The molecule has 1 fully saturated rings. The zero-order valence-corrected chi connectivity index (χ0v) is 14.2. The minimum absolute atomic E-state index is 0.311. The Morgan fingerprint density at radius 3 is 2.74 bits per heavy atom. The lowest BCUT2D eigenvalue weighted by molar-refractivity contribution is 0.0524. The number of anilines is 2. The van der Waals surface area contributed by atoms with E-state index in [1.807, 2.05) is 26.8 Å². The van der Waals surface area contributed by atoms with E-state index in [1.165, 1.54) is 0 Å². The summed E-state index contributed by atoms with van der Waals surface area (Å²) in [6.45, 7) is 8.15. The van der Waals surface area contributed by atoms with Gasteiger partial charge in [0.15, 0.2) is 0 Å².